The van der Waals surface area contributed by atoms with Crippen LogP contribution in [0.3, 0.4) is 0 Å². The van der Waals surface area contributed by atoms with E-state index in [4.69, 9.17) is 18.9 Å². The van der Waals surface area contributed by atoms with Gasteiger partial charge in [-0.15, -0.1) is 0 Å². The van der Waals surface area contributed by atoms with Crippen LogP contribution < -0.4 is 0 Å². The Morgan fingerprint density at radius 1 is 0.860 bits per heavy atom. The van der Waals surface area contributed by atoms with Crippen LogP contribution in [0.25, 0.3) is 0 Å². The molecule has 2 rings (SSSR count). The Balaban J connectivity index is 1.69. The first-order valence-corrected chi connectivity index (χ1v) is 17.1. The molecule has 1 heterocycles. The lowest BCUT2D eigenvalue weighted by atomic mass is 9.95. The van der Waals surface area contributed by atoms with Crippen LogP contribution in [0.4, 0.5) is 4.79 Å². The van der Waals surface area contributed by atoms with Crippen molar-refractivity contribution in [3.63, 3.8) is 0 Å². The van der Waals surface area contributed by atoms with Crippen LogP contribution in [0.2, 0.25) is 0 Å². The van der Waals surface area contributed by atoms with Crippen LogP contribution in [0.15, 0.2) is 18.2 Å². The highest BCUT2D eigenvalue weighted by atomic mass is 16.7. The monoisotopic (exact) mass is 602 g/mol. The molecule has 1 aliphatic heterocycles. The van der Waals surface area contributed by atoms with Gasteiger partial charge in [0.25, 0.3) is 0 Å². The van der Waals surface area contributed by atoms with E-state index in [9.17, 15) is 9.59 Å². The molecule has 43 heavy (non-hydrogen) atoms. The third-order valence-electron chi connectivity index (χ3n) is 8.36. The van der Waals surface area contributed by atoms with Crippen LogP contribution in [-0.2, 0) is 37.0 Å². The molecule has 1 fully saturated rings. The van der Waals surface area contributed by atoms with Gasteiger partial charge in [0, 0.05) is 12.5 Å². The molecule has 1 aromatic rings. The molecule has 245 valence electrons. The Hall–Kier alpha value is -2.12. The van der Waals surface area contributed by atoms with Gasteiger partial charge in [-0.25, -0.2) is 9.59 Å². The molecule has 7 heteroatoms. The molecule has 0 saturated carbocycles. The summed E-state index contributed by atoms with van der Waals surface area (Å²) in [6.07, 6.45) is 16.6. The molecule has 0 amide bonds. The summed E-state index contributed by atoms with van der Waals surface area (Å²) in [5.74, 6) is 0.484. The van der Waals surface area contributed by atoms with Crippen molar-refractivity contribution in [3.8, 4) is 0 Å². The Labute approximate surface area is 262 Å². The Bertz CT molecular complexity index is 890. The lowest BCUT2D eigenvalue weighted by molar-refractivity contribution is -0.150. The van der Waals surface area contributed by atoms with Gasteiger partial charge in [-0.2, -0.15) is 0 Å². The minimum atomic E-state index is -0.659. The molecule has 0 bridgehead atoms. The third kappa shape index (κ3) is 17.7. The minimum absolute atomic E-state index is 0.0369. The topological polar surface area (TPSA) is 74.3 Å². The Morgan fingerprint density at radius 2 is 1.49 bits per heavy atom. The molecule has 2 unspecified atom stereocenters. The zero-order valence-electron chi connectivity index (χ0n) is 27.5. The molecular weight excluding hydrogens is 542 g/mol. The number of carbonyl (C=O) groups excluding carboxylic acids is 2. The first-order valence-electron chi connectivity index (χ1n) is 17.1. The quantitative estimate of drug-likeness (QED) is 0.0916. The second kappa shape index (κ2) is 23.3. The van der Waals surface area contributed by atoms with Crippen LogP contribution in [0, 0.1) is 18.8 Å². The SMILES string of the molecule is [CH2]c1cc(COC(=O)COCC(CCCCCC)CCCCCCCC)cc(COC(=O)OCC2CCCN(CC)C2)c1. The highest BCUT2D eigenvalue weighted by Crippen LogP contribution is 2.20. The fourth-order valence-electron chi connectivity index (χ4n) is 5.85. The van der Waals surface area contributed by atoms with E-state index in [-0.39, 0.29) is 25.8 Å². The van der Waals surface area contributed by atoms with Gasteiger partial charge in [0.15, 0.2) is 0 Å². The molecule has 0 aromatic heterocycles. The third-order valence-corrected chi connectivity index (χ3v) is 8.36. The van der Waals surface area contributed by atoms with E-state index < -0.39 is 6.16 Å². The van der Waals surface area contributed by atoms with Crippen LogP contribution in [-0.4, -0.2) is 56.5 Å². The maximum atomic E-state index is 12.4. The molecule has 7 nitrogen and oxygen atoms in total. The minimum Gasteiger partial charge on any atom is -0.459 e. The van der Waals surface area contributed by atoms with E-state index in [2.05, 4.69) is 32.6 Å². The summed E-state index contributed by atoms with van der Waals surface area (Å²) in [6.45, 7) is 14.9. The van der Waals surface area contributed by atoms with E-state index >= 15 is 0 Å². The number of unbranched alkanes of at least 4 members (excludes halogenated alkanes) is 8. The number of benzene rings is 1. The van der Waals surface area contributed by atoms with Gasteiger partial charge in [-0.05, 0) is 74.4 Å². The highest BCUT2D eigenvalue weighted by molar-refractivity contribution is 5.70. The van der Waals surface area contributed by atoms with E-state index in [1.807, 2.05) is 18.2 Å². The number of nitrogens with zero attached hydrogens (tertiary/aromatic N) is 1. The molecule has 2 atom stereocenters. The average molecular weight is 603 g/mol. The first kappa shape index (κ1) is 37.1. The number of esters is 1. The summed E-state index contributed by atoms with van der Waals surface area (Å²) >= 11 is 0. The van der Waals surface area contributed by atoms with Crippen LogP contribution in [0.5, 0.6) is 0 Å². The van der Waals surface area contributed by atoms with Gasteiger partial charge in [0.2, 0.25) is 0 Å². The van der Waals surface area contributed by atoms with Crippen molar-refractivity contribution >= 4 is 12.1 Å². The number of ether oxygens (including phenoxy) is 4. The average Bonchev–Trinajstić information content (AvgIpc) is 3.01. The summed E-state index contributed by atoms with van der Waals surface area (Å²) in [7, 11) is 0. The van der Waals surface area contributed by atoms with Gasteiger partial charge in [-0.3, -0.25) is 0 Å². The predicted molar refractivity (Wildman–Crippen MR) is 173 cm³/mol. The van der Waals surface area contributed by atoms with Crippen LogP contribution >= 0.6 is 0 Å². The van der Waals surface area contributed by atoms with Gasteiger partial charge in [0.05, 0.1) is 13.2 Å². The standard InChI is InChI=1S/C36H60NO6/c1-5-8-10-12-13-15-18-31(17-14-11-9-6-2)25-40-29-35(38)41-27-33-21-30(4)22-34(23-33)28-43-36(39)42-26-32-19-16-20-37(7-3)24-32/h21-23,31-32H,4-20,24-29H2,1-3H3. The maximum Gasteiger partial charge on any atom is 0.508 e. The Morgan fingerprint density at radius 3 is 2.16 bits per heavy atom. The second-order valence-corrected chi connectivity index (χ2v) is 12.4. The summed E-state index contributed by atoms with van der Waals surface area (Å²) in [5, 5.41) is 0. The summed E-state index contributed by atoms with van der Waals surface area (Å²) < 4.78 is 22.0. The van der Waals surface area contributed by atoms with Crippen molar-refractivity contribution in [2.45, 2.75) is 124 Å². The van der Waals surface area contributed by atoms with E-state index in [0.717, 1.165) is 55.6 Å². The fourth-order valence-corrected chi connectivity index (χ4v) is 5.85. The molecule has 0 N–H and O–H groups in total. The summed E-state index contributed by atoms with van der Waals surface area (Å²) in [6, 6.07) is 5.58. The van der Waals surface area contributed by atoms with Crippen molar-refractivity contribution in [2.24, 2.45) is 11.8 Å². The largest absolute Gasteiger partial charge is 0.508 e. The summed E-state index contributed by atoms with van der Waals surface area (Å²) in [4.78, 5) is 27.0. The van der Waals surface area contributed by atoms with Crippen molar-refractivity contribution in [3.05, 3.63) is 41.8 Å². The number of piperidine rings is 1. The number of carbonyl (C=O) groups is 2. The van der Waals surface area contributed by atoms with Gasteiger partial charge >= 0.3 is 12.1 Å². The van der Waals surface area contributed by atoms with Crippen LogP contribution in [0.1, 0.15) is 127 Å². The van der Waals surface area contributed by atoms with Crippen molar-refractivity contribution in [1.29, 1.82) is 0 Å². The first-order chi connectivity index (χ1) is 20.9. The van der Waals surface area contributed by atoms with Crippen molar-refractivity contribution < 1.29 is 28.5 Å². The molecule has 0 spiro atoms. The lowest BCUT2D eigenvalue weighted by Crippen LogP contribution is -2.37. The molecule has 1 aliphatic rings. The molecule has 1 radical (unpaired) electrons. The number of hydrogen-bond donors (Lipinski definition) is 0. The highest BCUT2D eigenvalue weighted by Gasteiger charge is 2.20. The van der Waals surface area contributed by atoms with E-state index in [1.165, 1.54) is 70.6 Å². The van der Waals surface area contributed by atoms with Gasteiger partial charge in [-0.1, -0.05) is 97.1 Å². The molecule has 1 aromatic carbocycles. The zero-order chi connectivity index (χ0) is 31.1. The Kier molecular flexibility index (Phi) is 20.1. The smallest absolute Gasteiger partial charge is 0.459 e. The number of rotatable bonds is 23. The van der Waals surface area contributed by atoms with E-state index in [0.29, 0.717) is 25.0 Å². The van der Waals surface area contributed by atoms with Gasteiger partial charge < -0.3 is 23.8 Å². The molecule has 0 aliphatic carbocycles. The van der Waals surface area contributed by atoms with Gasteiger partial charge in [0.1, 0.15) is 19.8 Å². The normalized spacial score (nSPS) is 16.1. The predicted octanol–water partition coefficient (Wildman–Crippen LogP) is 8.65. The molecule has 1 saturated heterocycles. The lowest BCUT2D eigenvalue weighted by Gasteiger charge is -2.31. The fraction of sp³-hybridized carbons (Fsp3) is 0.750. The number of likely N-dealkylation sites (tertiary alicyclic amines) is 1. The van der Waals surface area contributed by atoms with Crippen molar-refractivity contribution in [1.82, 2.24) is 4.90 Å². The molecular formula is C36H60NO6. The van der Waals surface area contributed by atoms with Crippen molar-refractivity contribution in [2.75, 3.05) is 39.5 Å². The summed E-state index contributed by atoms with van der Waals surface area (Å²) in [5.41, 5.74) is 2.34. The van der Waals surface area contributed by atoms with E-state index in [1.54, 1.807) is 0 Å². The zero-order valence-corrected chi connectivity index (χ0v) is 27.5. The number of hydrogen-bond acceptors (Lipinski definition) is 7. The second-order valence-electron chi connectivity index (χ2n) is 12.4. The maximum absolute atomic E-state index is 12.4.